The smallest absolute Gasteiger partial charge is 0.137 e. The van der Waals surface area contributed by atoms with Crippen LogP contribution in [-0.4, -0.2) is 46.4 Å². The summed E-state index contributed by atoms with van der Waals surface area (Å²) in [7, 11) is 0. The largest absolute Gasteiger partial charge is 0.394 e. The fourth-order valence-corrected chi connectivity index (χ4v) is 2.63. The van der Waals surface area contributed by atoms with E-state index in [4.69, 9.17) is 21.4 Å². The quantitative estimate of drug-likeness (QED) is 0.603. The van der Waals surface area contributed by atoms with Gasteiger partial charge < -0.3 is 15.2 Å². The summed E-state index contributed by atoms with van der Waals surface area (Å²) < 4.78 is 5.28. The summed E-state index contributed by atoms with van der Waals surface area (Å²) >= 11 is 6.12. The number of nitrogens with zero attached hydrogens (tertiary/aromatic N) is 3. The van der Waals surface area contributed by atoms with E-state index in [1.807, 2.05) is 36.5 Å². The minimum atomic E-state index is 0.0152. The van der Waals surface area contributed by atoms with Crippen molar-refractivity contribution in [2.75, 3.05) is 31.7 Å². The molecule has 2 aromatic heterocycles. The zero-order valence-corrected chi connectivity index (χ0v) is 14.4. The van der Waals surface area contributed by atoms with Crippen molar-refractivity contribution in [3.63, 3.8) is 0 Å². The molecule has 0 radical (unpaired) electrons. The van der Waals surface area contributed by atoms with Gasteiger partial charge in [0.05, 0.1) is 25.3 Å². The van der Waals surface area contributed by atoms with Crippen molar-refractivity contribution in [1.29, 1.82) is 0 Å². The number of fused-ring (bicyclic) bond motifs is 1. The molecule has 0 aliphatic rings. The molecular formula is C18H19ClN4O2. The molecule has 0 saturated carbocycles. The van der Waals surface area contributed by atoms with Crippen molar-refractivity contribution in [2.24, 2.45) is 0 Å². The number of benzene rings is 1. The lowest BCUT2D eigenvalue weighted by Gasteiger charge is -2.11. The molecule has 0 aliphatic heterocycles. The number of hydrogen-bond acceptors (Lipinski definition) is 6. The third-order valence-corrected chi connectivity index (χ3v) is 3.80. The van der Waals surface area contributed by atoms with Gasteiger partial charge in [-0.15, -0.1) is 0 Å². The van der Waals surface area contributed by atoms with Crippen LogP contribution in [0.2, 0.25) is 5.02 Å². The molecule has 3 aromatic rings. The number of nitrogens with one attached hydrogen (secondary N) is 1. The molecule has 0 aliphatic carbocycles. The van der Waals surface area contributed by atoms with Crippen molar-refractivity contribution < 1.29 is 9.84 Å². The lowest BCUT2D eigenvalue weighted by atomic mass is 10.2. The number of aromatic nitrogens is 3. The van der Waals surface area contributed by atoms with Gasteiger partial charge in [-0.2, -0.15) is 0 Å². The van der Waals surface area contributed by atoms with Crippen LogP contribution in [0.3, 0.4) is 0 Å². The molecule has 0 spiro atoms. The molecular weight excluding hydrogens is 340 g/mol. The Labute approximate surface area is 150 Å². The van der Waals surface area contributed by atoms with Gasteiger partial charge in [0.25, 0.3) is 0 Å². The first-order valence-electron chi connectivity index (χ1n) is 8.04. The zero-order chi connectivity index (χ0) is 17.5. The average Bonchev–Trinajstić information content (AvgIpc) is 2.63. The molecule has 0 saturated heterocycles. The summed E-state index contributed by atoms with van der Waals surface area (Å²) in [6.07, 6.45) is 4.15. The Bertz CT molecular complexity index is 830. The minimum absolute atomic E-state index is 0.0152. The van der Waals surface area contributed by atoms with E-state index in [9.17, 15) is 0 Å². The number of pyridine rings is 1. The molecule has 0 fully saturated rings. The fourth-order valence-electron chi connectivity index (χ4n) is 2.46. The van der Waals surface area contributed by atoms with Crippen LogP contribution < -0.4 is 5.32 Å². The van der Waals surface area contributed by atoms with Crippen LogP contribution in [0.15, 0.2) is 42.7 Å². The molecule has 0 unspecified atom stereocenters. The highest BCUT2D eigenvalue weighted by molar-refractivity contribution is 6.31. The van der Waals surface area contributed by atoms with Gasteiger partial charge in [-0.3, -0.25) is 4.98 Å². The fraction of sp³-hybridized carbons (Fsp3) is 0.278. The summed E-state index contributed by atoms with van der Waals surface area (Å²) in [4.78, 5) is 13.4. The molecule has 25 heavy (non-hydrogen) atoms. The zero-order valence-electron chi connectivity index (χ0n) is 13.7. The van der Waals surface area contributed by atoms with Crippen LogP contribution in [0, 0.1) is 0 Å². The highest BCUT2D eigenvalue weighted by atomic mass is 35.5. The predicted octanol–water partition coefficient (Wildman–Crippen LogP) is 2.69. The Morgan fingerprint density at radius 3 is 2.88 bits per heavy atom. The van der Waals surface area contributed by atoms with Gasteiger partial charge >= 0.3 is 0 Å². The highest BCUT2D eigenvalue weighted by Crippen LogP contribution is 2.24. The molecule has 1 aromatic carbocycles. The molecule has 130 valence electrons. The number of anilines is 1. The van der Waals surface area contributed by atoms with Crippen LogP contribution in [0.25, 0.3) is 10.9 Å². The molecule has 2 N–H and O–H groups in total. The maximum Gasteiger partial charge on any atom is 0.137 e. The molecule has 3 rings (SSSR count). The Morgan fingerprint density at radius 1 is 1.16 bits per heavy atom. The van der Waals surface area contributed by atoms with E-state index in [0.29, 0.717) is 37.0 Å². The van der Waals surface area contributed by atoms with E-state index < -0.39 is 0 Å². The summed E-state index contributed by atoms with van der Waals surface area (Å²) in [5.74, 6) is 1.43. The maximum atomic E-state index is 8.75. The first-order valence-corrected chi connectivity index (χ1v) is 8.41. The maximum absolute atomic E-state index is 8.75. The lowest BCUT2D eigenvalue weighted by molar-refractivity contribution is 0.0992. The van der Waals surface area contributed by atoms with Crippen molar-refractivity contribution in [3.8, 4) is 0 Å². The van der Waals surface area contributed by atoms with Crippen molar-refractivity contribution >= 4 is 28.3 Å². The minimum Gasteiger partial charge on any atom is -0.394 e. The predicted molar refractivity (Wildman–Crippen MR) is 98.0 cm³/mol. The van der Waals surface area contributed by atoms with Crippen molar-refractivity contribution in [1.82, 2.24) is 15.0 Å². The van der Waals surface area contributed by atoms with Crippen LogP contribution in [0.1, 0.15) is 11.4 Å². The number of aliphatic hydroxyl groups is 1. The molecule has 0 atom stereocenters. The van der Waals surface area contributed by atoms with E-state index in [-0.39, 0.29) is 6.61 Å². The van der Waals surface area contributed by atoms with Crippen molar-refractivity contribution in [2.45, 2.75) is 6.42 Å². The third kappa shape index (κ3) is 4.85. The van der Waals surface area contributed by atoms with E-state index in [0.717, 1.165) is 22.3 Å². The SMILES string of the molecule is OCCOCCNc1nc(Cc2cccnc2)nc2ccc(Cl)cc12. The van der Waals surface area contributed by atoms with Crippen LogP contribution in [-0.2, 0) is 11.2 Å². The standard InChI is InChI=1S/C18H19ClN4O2/c19-14-3-4-16-15(11-14)18(21-6-8-25-9-7-24)23-17(22-16)10-13-2-1-5-20-12-13/h1-5,11-12,24H,6-10H2,(H,21,22,23). The van der Waals surface area contributed by atoms with Crippen molar-refractivity contribution in [3.05, 3.63) is 59.1 Å². The molecule has 7 heteroatoms. The normalized spacial score (nSPS) is 11.0. The molecule has 2 heterocycles. The summed E-state index contributed by atoms with van der Waals surface area (Å²) in [6, 6.07) is 9.45. The molecule has 0 bridgehead atoms. The van der Waals surface area contributed by atoms with Gasteiger partial charge in [0.1, 0.15) is 11.6 Å². The lowest BCUT2D eigenvalue weighted by Crippen LogP contribution is -2.13. The third-order valence-electron chi connectivity index (χ3n) is 3.56. The Hall–Kier alpha value is -2.28. The van der Waals surface area contributed by atoms with Crippen LogP contribution in [0.4, 0.5) is 5.82 Å². The van der Waals surface area contributed by atoms with Gasteiger partial charge in [-0.05, 0) is 29.8 Å². The van der Waals surface area contributed by atoms with Gasteiger partial charge in [-0.1, -0.05) is 17.7 Å². The number of rotatable bonds is 8. The summed E-state index contributed by atoms with van der Waals surface area (Å²) in [5.41, 5.74) is 1.88. The molecule has 6 nitrogen and oxygen atoms in total. The Balaban J connectivity index is 1.84. The van der Waals surface area contributed by atoms with E-state index in [2.05, 4.69) is 20.3 Å². The Morgan fingerprint density at radius 2 is 2.08 bits per heavy atom. The second kappa shape index (κ2) is 8.71. The van der Waals surface area contributed by atoms with Crippen LogP contribution in [0.5, 0.6) is 0 Å². The Kier molecular flexibility index (Phi) is 6.11. The first-order chi connectivity index (χ1) is 12.3. The van der Waals surface area contributed by atoms with E-state index >= 15 is 0 Å². The second-order valence-corrected chi connectivity index (χ2v) is 5.89. The van der Waals surface area contributed by atoms with Gasteiger partial charge in [0.15, 0.2) is 0 Å². The van der Waals surface area contributed by atoms with Gasteiger partial charge in [0, 0.05) is 35.8 Å². The van der Waals surface area contributed by atoms with Gasteiger partial charge in [0.2, 0.25) is 0 Å². The second-order valence-electron chi connectivity index (χ2n) is 5.45. The number of aliphatic hydroxyl groups excluding tert-OH is 1. The summed E-state index contributed by atoms with van der Waals surface area (Å²) in [6.45, 7) is 1.39. The van der Waals surface area contributed by atoms with E-state index in [1.165, 1.54) is 0 Å². The first kappa shape index (κ1) is 17.5. The van der Waals surface area contributed by atoms with E-state index in [1.54, 1.807) is 6.20 Å². The topological polar surface area (TPSA) is 80.2 Å². The molecule has 0 amide bonds. The number of ether oxygens (including phenoxy) is 1. The number of hydrogen-bond donors (Lipinski definition) is 2. The average molecular weight is 359 g/mol. The summed E-state index contributed by atoms with van der Waals surface area (Å²) in [5, 5.41) is 13.5. The number of halogens is 1. The van der Waals surface area contributed by atoms with Crippen LogP contribution >= 0.6 is 11.6 Å². The monoisotopic (exact) mass is 358 g/mol. The van der Waals surface area contributed by atoms with Gasteiger partial charge in [-0.25, -0.2) is 9.97 Å². The highest BCUT2D eigenvalue weighted by Gasteiger charge is 2.09.